The van der Waals surface area contributed by atoms with Gasteiger partial charge in [0.2, 0.25) is 5.95 Å². The molecule has 2 aromatic heterocycles. The third-order valence-electron chi connectivity index (χ3n) is 5.24. The smallest absolute Gasteiger partial charge is 0.251 e. The van der Waals surface area contributed by atoms with Crippen LogP contribution in [0.5, 0.6) is 5.75 Å². The quantitative estimate of drug-likeness (QED) is 0.580. The van der Waals surface area contributed by atoms with Crippen molar-refractivity contribution in [2.45, 2.75) is 31.8 Å². The molecule has 3 heterocycles. The van der Waals surface area contributed by atoms with Crippen molar-refractivity contribution >= 4 is 17.7 Å². The zero-order chi connectivity index (χ0) is 20.5. The minimum absolute atomic E-state index is 0.0137. The number of nitrogens with one attached hydrogen (secondary N) is 2. The molecule has 1 aliphatic carbocycles. The van der Waals surface area contributed by atoms with Gasteiger partial charge < -0.3 is 21.1 Å². The summed E-state index contributed by atoms with van der Waals surface area (Å²) in [4.78, 5) is 25.1. The summed E-state index contributed by atoms with van der Waals surface area (Å²) in [6.45, 7) is 1.16. The summed E-state index contributed by atoms with van der Waals surface area (Å²) in [7, 11) is 0. The van der Waals surface area contributed by atoms with Gasteiger partial charge in [0.25, 0.3) is 5.91 Å². The molecular weight excluding hydrogens is 380 g/mol. The van der Waals surface area contributed by atoms with E-state index in [1.807, 2.05) is 24.3 Å². The van der Waals surface area contributed by atoms with Crippen LogP contribution in [-0.2, 0) is 13.0 Å². The molecule has 3 aromatic rings. The molecule has 0 saturated heterocycles. The summed E-state index contributed by atoms with van der Waals surface area (Å²) < 4.78 is 5.88. The first kappa shape index (κ1) is 18.4. The van der Waals surface area contributed by atoms with Crippen LogP contribution in [0.25, 0.3) is 11.3 Å². The molecule has 0 unspecified atom stereocenters. The number of amides is 1. The van der Waals surface area contributed by atoms with Gasteiger partial charge in [-0.05, 0) is 36.6 Å². The number of carbonyl (C=O) groups excluding carboxylic acids is 1. The predicted molar refractivity (Wildman–Crippen MR) is 113 cm³/mol. The summed E-state index contributed by atoms with van der Waals surface area (Å²) in [5.74, 6) is 1.76. The lowest BCUT2D eigenvalue weighted by Gasteiger charge is -2.13. The Morgan fingerprint density at radius 1 is 1.23 bits per heavy atom. The number of nitrogens with two attached hydrogens (primary N) is 1. The summed E-state index contributed by atoms with van der Waals surface area (Å²) in [6.07, 6.45) is 6.28. The van der Waals surface area contributed by atoms with Gasteiger partial charge in [-0.2, -0.15) is 0 Å². The van der Waals surface area contributed by atoms with Gasteiger partial charge in [-0.1, -0.05) is 12.1 Å². The fourth-order valence-corrected chi connectivity index (χ4v) is 3.55. The molecule has 1 fully saturated rings. The first-order valence-electron chi connectivity index (χ1n) is 10.0. The Labute approximate surface area is 173 Å². The molecule has 1 aliphatic heterocycles. The van der Waals surface area contributed by atoms with Crippen LogP contribution in [0.4, 0.5) is 11.8 Å². The number of nitrogen functional groups attached to an aromatic ring is 1. The van der Waals surface area contributed by atoms with Crippen molar-refractivity contribution in [2.75, 3.05) is 17.7 Å². The van der Waals surface area contributed by atoms with E-state index in [1.54, 1.807) is 18.5 Å². The van der Waals surface area contributed by atoms with Crippen molar-refractivity contribution in [2.24, 2.45) is 0 Å². The van der Waals surface area contributed by atoms with Crippen LogP contribution in [0, 0.1) is 0 Å². The van der Waals surface area contributed by atoms with Crippen LogP contribution in [0.1, 0.15) is 34.3 Å². The molecule has 1 amide bonds. The van der Waals surface area contributed by atoms with E-state index in [9.17, 15) is 4.79 Å². The monoisotopic (exact) mass is 402 g/mol. The average molecular weight is 402 g/mol. The first-order chi connectivity index (χ1) is 14.7. The molecule has 5 rings (SSSR count). The number of pyridine rings is 1. The Bertz CT molecular complexity index is 1110. The molecular formula is C22H22N6O2. The number of hydrogen-bond donors (Lipinski definition) is 3. The largest absolute Gasteiger partial charge is 0.492 e. The SMILES string of the molecule is Nc1nccc(-c2cnc(NCc3cccc(C(=O)NC4CC4)c3)c3c2OCC3)n1. The predicted octanol–water partition coefficient (Wildman–Crippen LogP) is 2.56. The molecule has 8 nitrogen and oxygen atoms in total. The molecule has 30 heavy (non-hydrogen) atoms. The number of ether oxygens (including phenoxy) is 1. The highest BCUT2D eigenvalue weighted by atomic mass is 16.5. The molecule has 2 aliphatic rings. The summed E-state index contributed by atoms with van der Waals surface area (Å²) in [5.41, 5.74) is 9.93. The number of rotatable bonds is 6. The molecule has 8 heteroatoms. The maximum absolute atomic E-state index is 12.3. The van der Waals surface area contributed by atoms with Crippen molar-refractivity contribution in [3.8, 4) is 17.0 Å². The highest BCUT2D eigenvalue weighted by Gasteiger charge is 2.24. The van der Waals surface area contributed by atoms with Crippen LogP contribution >= 0.6 is 0 Å². The van der Waals surface area contributed by atoms with Gasteiger partial charge in [0, 0.05) is 42.5 Å². The molecule has 4 N–H and O–H groups in total. The number of anilines is 2. The highest BCUT2D eigenvalue weighted by molar-refractivity contribution is 5.94. The van der Waals surface area contributed by atoms with Crippen molar-refractivity contribution in [1.82, 2.24) is 20.3 Å². The number of hydrogen-bond acceptors (Lipinski definition) is 7. The average Bonchev–Trinajstić information content (AvgIpc) is 3.43. The molecule has 0 atom stereocenters. The van der Waals surface area contributed by atoms with Gasteiger partial charge >= 0.3 is 0 Å². The van der Waals surface area contributed by atoms with E-state index in [4.69, 9.17) is 10.5 Å². The molecule has 1 aromatic carbocycles. The minimum atomic E-state index is -0.0137. The van der Waals surface area contributed by atoms with Gasteiger partial charge in [-0.25, -0.2) is 15.0 Å². The summed E-state index contributed by atoms with van der Waals surface area (Å²) in [6, 6.07) is 9.79. The second-order valence-electron chi connectivity index (χ2n) is 7.53. The number of fused-ring (bicyclic) bond motifs is 1. The minimum Gasteiger partial charge on any atom is -0.492 e. The van der Waals surface area contributed by atoms with Crippen LogP contribution < -0.4 is 21.1 Å². The highest BCUT2D eigenvalue weighted by Crippen LogP contribution is 2.39. The summed E-state index contributed by atoms with van der Waals surface area (Å²) >= 11 is 0. The van der Waals surface area contributed by atoms with E-state index in [0.29, 0.717) is 30.5 Å². The third kappa shape index (κ3) is 3.76. The third-order valence-corrected chi connectivity index (χ3v) is 5.24. The zero-order valence-electron chi connectivity index (χ0n) is 16.4. The van der Waals surface area contributed by atoms with E-state index in [-0.39, 0.29) is 11.9 Å². The van der Waals surface area contributed by atoms with Crippen molar-refractivity contribution < 1.29 is 9.53 Å². The van der Waals surface area contributed by atoms with E-state index < -0.39 is 0 Å². The number of carbonyl (C=O) groups is 1. The van der Waals surface area contributed by atoms with Crippen LogP contribution in [0.15, 0.2) is 42.7 Å². The number of benzene rings is 1. The zero-order valence-corrected chi connectivity index (χ0v) is 16.4. The molecule has 0 spiro atoms. The maximum Gasteiger partial charge on any atom is 0.251 e. The Morgan fingerprint density at radius 3 is 2.97 bits per heavy atom. The molecule has 0 radical (unpaired) electrons. The van der Waals surface area contributed by atoms with Gasteiger partial charge in [0.05, 0.1) is 17.9 Å². The standard InChI is InChI=1S/C22H22N6O2/c23-22-24-8-6-18(28-22)17-12-26-20(16-7-9-30-19(16)17)25-11-13-2-1-3-14(10-13)21(29)27-15-4-5-15/h1-3,6,8,10,12,15H,4-5,7,9,11H2,(H,25,26)(H,27,29)(H2,23,24,28). The Balaban J connectivity index is 1.35. The number of aromatic nitrogens is 3. The topological polar surface area (TPSA) is 115 Å². The lowest BCUT2D eigenvalue weighted by atomic mass is 10.1. The summed E-state index contributed by atoms with van der Waals surface area (Å²) in [5, 5.41) is 6.41. The lowest BCUT2D eigenvalue weighted by molar-refractivity contribution is 0.0951. The fraction of sp³-hybridized carbons (Fsp3) is 0.273. The Morgan fingerprint density at radius 2 is 2.13 bits per heavy atom. The molecule has 1 saturated carbocycles. The van der Waals surface area contributed by atoms with Crippen molar-refractivity contribution in [1.29, 1.82) is 0 Å². The van der Waals surface area contributed by atoms with Gasteiger partial charge in [0.1, 0.15) is 11.6 Å². The van der Waals surface area contributed by atoms with Gasteiger partial charge in [-0.15, -0.1) is 0 Å². The van der Waals surface area contributed by atoms with Crippen molar-refractivity contribution in [3.05, 3.63) is 59.4 Å². The first-order valence-corrected chi connectivity index (χ1v) is 10.0. The second-order valence-corrected chi connectivity index (χ2v) is 7.53. The fourth-order valence-electron chi connectivity index (χ4n) is 3.55. The maximum atomic E-state index is 12.3. The Hall–Kier alpha value is -3.68. The second kappa shape index (κ2) is 7.62. The van der Waals surface area contributed by atoms with Gasteiger partial charge in [0.15, 0.2) is 0 Å². The molecule has 152 valence electrons. The lowest BCUT2D eigenvalue weighted by Crippen LogP contribution is -2.25. The van der Waals surface area contributed by atoms with Crippen LogP contribution in [0.3, 0.4) is 0 Å². The van der Waals surface area contributed by atoms with E-state index in [2.05, 4.69) is 25.6 Å². The number of nitrogens with zero attached hydrogens (tertiary/aromatic N) is 3. The Kier molecular flexibility index (Phi) is 4.66. The molecule has 0 bridgehead atoms. The van der Waals surface area contributed by atoms with E-state index >= 15 is 0 Å². The van der Waals surface area contributed by atoms with Crippen molar-refractivity contribution in [3.63, 3.8) is 0 Å². The van der Waals surface area contributed by atoms with Crippen LogP contribution in [0.2, 0.25) is 0 Å². The van der Waals surface area contributed by atoms with Gasteiger partial charge in [-0.3, -0.25) is 4.79 Å². The van der Waals surface area contributed by atoms with E-state index in [1.165, 1.54) is 0 Å². The van der Waals surface area contributed by atoms with Crippen LogP contribution in [-0.4, -0.2) is 33.5 Å². The van der Waals surface area contributed by atoms with E-state index in [0.717, 1.165) is 47.5 Å². The normalized spacial score (nSPS) is 14.7.